The Hall–Kier alpha value is -4.26. The Bertz CT molecular complexity index is 1380. The number of rotatable bonds is 8. The zero-order chi connectivity index (χ0) is 25.9. The van der Waals surface area contributed by atoms with Gasteiger partial charge >= 0.3 is 0 Å². The standard InChI is InChI=1S/C30H29FN4O2/c1-20(2)34(30(37)26-17-25(26)21-9-5-3-6-10-21)19-29(36)32-28-18-27(22-11-7-4-8-12-22)33-35(28)24-15-13-23(31)14-16-24/h3-16,18,20,25-26H,17,19H2,1-2H3,(H,32,36)/t25-,26-/m1/s1. The van der Waals surface area contributed by atoms with Gasteiger partial charge in [0.15, 0.2) is 0 Å². The maximum Gasteiger partial charge on any atom is 0.245 e. The van der Waals surface area contributed by atoms with Gasteiger partial charge in [0.1, 0.15) is 18.2 Å². The molecule has 0 radical (unpaired) electrons. The number of hydrogen-bond acceptors (Lipinski definition) is 3. The van der Waals surface area contributed by atoms with E-state index in [0.29, 0.717) is 17.2 Å². The van der Waals surface area contributed by atoms with Crippen molar-refractivity contribution in [3.8, 4) is 16.9 Å². The van der Waals surface area contributed by atoms with Gasteiger partial charge in [-0.15, -0.1) is 0 Å². The first-order valence-corrected chi connectivity index (χ1v) is 12.5. The van der Waals surface area contributed by atoms with Crippen molar-refractivity contribution in [1.82, 2.24) is 14.7 Å². The number of aromatic nitrogens is 2. The first-order valence-electron chi connectivity index (χ1n) is 12.5. The second-order valence-corrected chi connectivity index (χ2v) is 9.64. The highest BCUT2D eigenvalue weighted by Crippen LogP contribution is 2.48. The van der Waals surface area contributed by atoms with E-state index in [0.717, 1.165) is 17.5 Å². The molecule has 0 unspecified atom stereocenters. The number of carbonyl (C=O) groups excluding carboxylic acids is 2. The van der Waals surface area contributed by atoms with Crippen LogP contribution in [0.3, 0.4) is 0 Å². The van der Waals surface area contributed by atoms with Crippen LogP contribution in [0.4, 0.5) is 10.2 Å². The van der Waals surface area contributed by atoms with E-state index >= 15 is 0 Å². The molecule has 1 fully saturated rings. The zero-order valence-corrected chi connectivity index (χ0v) is 20.8. The van der Waals surface area contributed by atoms with Crippen LogP contribution in [-0.4, -0.2) is 39.1 Å². The van der Waals surface area contributed by atoms with Gasteiger partial charge in [0.05, 0.1) is 11.4 Å². The summed E-state index contributed by atoms with van der Waals surface area (Å²) >= 11 is 0. The van der Waals surface area contributed by atoms with Crippen LogP contribution < -0.4 is 5.32 Å². The lowest BCUT2D eigenvalue weighted by molar-refractivity contribution is -0.137. The molecular weight excluding hydrogens is 467 g/mol. The highest BCUT2D eigenvalue weighted by atomic mass is 19.1. The smallest absolute Gasteiger partial charge is 0.245 e. The van der Waals surface area contributed by atoms with Gasteiger partial charge in [-0.1, -0.05) is 60.7 Å². The van der Waals surface area contributed by atoms with Gasteiger partial charge < -0.3 is 10.2 Å². The Morgan fingerprint density at radius 1 is 1.00 bits per heavy atom. The molecular formula is C30H29FN4O2. The predicted octanol–water partition coefficient (Wildman–Crippen LogP) is 5.66. The molecule has 188 valence electrons. The minimum absolute atomic E-state index is 0.00369. The third kappa shape index (κ3) is 5.45. The fourth-order valence-electron chi connectivity index (χ4n) is 4.60. The Morgan fingerprint density at radius 2 is 1.65 bits per heavy atom. The number of anilines is 1. The van der Waals surface area contributed by atoms with Crippen molar-refractivity contribution >= 4 is 17.6 Å². The van der Waals surface area contributed by atoms with E-state index in [4.69, 9.17) is 0 Å². The average Bonchev–Trinajstić information content (AvgIpc) is 3.61. The van der Waals surface area contributed by atoms with Crippen molar-refractivity contribution in [3.63, 3.8) is 0 Å². The van der Waals surface area contributed by atoms with Crippen LogP contribution in [0.2, 0.25) is 0 Å². The van der Waals surface area contributed by atoms with E-state index in [9.17, 15) is 14.0 Å². The second-order valence-electron chi connectivity index (χ2n) is 9.64. The molecule has 37 heavy (non-hydrogen) atoms. The van der Waals surface area contributed by atoms with Crippen LogP contribution in [0, 0.1) is 11.7 Å². The molecule has 0 aliphatic heterocycles. The summed E-state index contributed by atoms with van der Waals surface area (Å²) in [6.45, 7) is 3.77. The highest BCUT2D eigenvalue weighted by Gasteiger charge is 2.46. The molecule has 2 amide bonds. The fraction of sp³-hybridized carbons (Fsp3) is 0.233. The van der Waals surface area contributed by atoms with Crippen LogP contribution in [0.1, 0.15) is 31.7 Å². The molecule has 3 aromatic carbocycles. The fourth-order valence-corrected chi connectivity index (χ4v) is 4.60. The normalized spacial score (nSPS) is 16.4. The van der Waals surface area contributed by atoms with E-state index < -0.39 is 0 Å². The summed E-state index contributed by atoms with van der Waals surface area (Å²) in [6.07, 6.45) is 0.797. The lowest BCUT2D eigenvalue weighted by Crippen LogP contribution is -2.43. The van der Waals surface area contributed by atoms with Crippen molar-refractivity contribution in [2.45, 2.75) is 32.2 Å². The van der Waals surface area contributed by atoms with Crippen molar-refractivity contribution < 1.29 is 14.0 Å². The first-order chi connectivity index (χ1) is 17.9. The summed E-state index contributed by atoms with van der Waals surface area (Å²) in [5.74, 6) is -0.138. The number of halogens is 1. The second kappa shape index (κ2) is 10.4. The molecule has 4 aromatic rings. The topological polar surface area (TPSA) is 67.2 Å². The Balaban J connectivity index is 1.35. The van der Waals surface area contributed by atoms with Gasteiger partial charge in [-0.2, -0.15) is 5.10 Å². The van der Waals surface area contributed by atoms with Crippen molar-refractivity contribution in [2.75, 3.05) is 11.9 Å². The SMILES string of the molecule is CC(C)N(CC(=O)Nc1cc(-c2ccccc2)nn1-c1ccc(F)cc1)C(=O)[C@@H]1C[C@@H]1c1ccccc1. The van der Waals surface area contributed by atoms with E-state index in [2.05, 4.69) is 10.4 Å². The molecule has 0 bridgehead atoms. The average molecular weight is 497 g/mol. The zero-order valence-electron chi connectivity index (χ0n) is 20.8. The summed E-state index contributed by atoms with van der Waals surface area (Å²) in [5.41, 5.74) is 3.32. The number of hydrogen-bond donors (Lipinski definition) is 1. The summed E-state index contributed by atoms with van der Waals surface area (Å²) in [4.78, 5) is 28.2. The first kappa shape index (κ1) is 24.4. The Morgan fingerprint density at radius 3 is 2.30 bits per heavy atom. The predicted molar refractivity (Wildman–Crippen MR) is 142 cm³/mol. The summed E-state index contributed by atoms with van der Waals surface area (Å²) in [7, 11) is 0. The Kier molecular flexibility index (Phi) is 6.86. The quantitative estimate of drug-likeness (QED) is 0.342. The number of carbonyl (C=O) groups is 2. The number of nitrogens with one attached hydrogen (secondary N) is 1. The molecule has 1 heterocycles. The van der Waals surface area contributed by atoms with Crippen molar-refractivity contribution in [1.29, 1.82) is 0 Å². The van der Waals surface area contributed by atoms with Crippen LogP contribution in [0.5, 0.6) is 0 Å². The largest absolute Gasteiger partial charge is 0.331 e. The van der Waals surface area contributed by atoms with E-state index in [1.54, 1.807) is 27.8 Å². The molecule has 1 aromatic heterocycles. The lowest BCUT2D eigenvalue weighted by Gasteiger charge is -2.26. The summed E-state index contributed by atoms with van der Waals surface area (Å²) in [5, 5.41) is 7.59. The van der Waals surface area contributed by atoms with Gasteiger partial charge in [0, 0.05) is 23.6 Å². The van der Waals surface area contributed by atoms with Gasteiger partial charge in [0.25, 0.3) is 0 Å². The van der Waals surface area contributed by atoms with Gasteiger partial charge in [-0.3, -0.25) is 9.59 Å². The van der Waals surface area contributed by atoms with Crippen LogP contribution in [0.25, 0.3) is 16.9 Å². The molecule has 1 aliphatic carbocycles. The van der Waals surface area contributed by atoms with Gasteiger partial charge in [-0.05, 0) is 56.0 Å². The molecule has 5 rings (SSSR count). The Labute approximate surface area is 215 Å². The maximum atomic E-state index is 13.5. The van der Waals surface area contributed by atoms with Gasteiger partial charge in [0.2, 0.25) is 11.8 Å². The molecule has 6 nitrogen and oxygen atoms in total. The van der Waals surface area contributed by atoms with Gasteiger partial charge in [-0.25, -0.2) is 9.07 Å². The van der Waals surface area contributed by atoms with E-state index in [1.165, 1.54) is 12.1 Å². The number of benzene rings is 3. The molecule has 0 saturated heterocycles. The molecule has 2 atom stereocenters. The number of amides is 2. The van der Waals surface area contributed by atoms with Crippen LogP contribution >= 0.6 is 0 Å². The van der Waals surface area contributed by atoms with Crippen LogP contribution in [-0.2, 0) is 9.59 Å². The monoisotopic (exact) mass is 496 g/mol. The van der Waals surface area contributed by atoms with Crippen LogP contribution in [0.15, 0.2) is 91.0 Å². The van der Waals surface area contributed by atoms with E-state index in [1.807, 2.05) is 74.5 Å². The minimum atomic E-state index is -0.357. The summed E-state index contributed by atoms with van der Waals surface area (Å²) < 4.78 is 15.1. The molecule has 1 saturated carbocycles. The molecule has 7 heteroatoms. The lowest BCUT2D eigenvalue weighted by atomic mass is 10.1. The molecule has 1 N–H and O–H groups in total. The third-order valence-corrected chi connectivity index (χ3v) is 6.67. The molecule has 0 spiro atoms. The summed E-state index contributed by atoms with van der Waals surface area (Å²) in [6, 6.07) is 27.2. The highest BCUT2D eigenvalue weighted by molar-refractivity contribution is 5.95. The minimum Gasteiger partial charge on any atom is -0.331 e. The van der Waals surface area contributed by atoms with Crippen molar-refractivity contribution in [3.05, 3.63) is 102 Å². The maximum absolute atomic E-state index is 13.5. The molecule has 1 aliphatic rings. The third-order valence-electron chi connectivity index (χ3n) is 6.67. The van der Waals surface area contributed by atoms with E-state index in [-0.39, 0.29) is 42.1 Å². The number of nitrogens with zero attached hydrogens (tertiary/aromatic N) is 3. The van der Waals surface area contributed by atoms with Crippen molar-refractivity contribution in [2.24, 2.45) is 5.92 Å².